The van der Waals surface area contributed by atoms with Crippen LogP contribution in [-0.4, -0.2) is 17.4 Å². The van der Waals surface area contributed by atoms with Gasteiger partial charge in [0.2, 0.25) is 5.60 Å². The van der Waals surface area contributed by atoms with Gasteiger partial charge in [0.25, 0.3) is 0 Å². The van der Waals surface area contributed by atoms with Crippen LogP contribution >= 0.6 is 0 Å². The number of carbonyl (C=O) groups is 2. The number of epoxide rings is 1. The first-order valence-corrected chi connectivity index (χ1v) is 3.83. The van der Waals surface area contributed by atoms with Crippen molar-refractivity contribution in [2.45, 2.75) is 38.7 Å². The second-order valence-corrected chi connectivity index (χ2v) is 2.94. The van der Waals surface area contributed by atoms with Crippen LogP contribution in [0.4, 0.5) is 0 Å². The molecule has 1 fully saturated rings. The molecule has 1 aliphatic rings. The molecular weight excluding hydrogens is 144 g/mol. The summed E-state index contributed by atoms with van der Waals surface area (Å²) in [7, 11) is 0. The van der Waals surface area contributed by atoms with Crippen LogP contribution in [0.3, 0.4) is 0 Å². The molecule has 0 spiro atoms. The molecule has 0 saturated carbocycles. The van der Waals surface area contributed by atoms with E-state index in [0.717, 1.165) is 0 Å². The molecule has 1 atom stereocenters. The van der Waals surface area contributed by atoms with E-state index in [2.05, 4.69) is 0 Å². The summed E-state index contributed by atoms with van der Waals surface area (Å²) in [6.07, 6.45) is 1.68. The van der Waals surface area contributed by atoms with E-state index in [1.165, 1.54) is 6.92 Å². The molecule has 11 heavy (non-hydrogen) atoms. The van der Waals surface area contributed by atoms with E-state index in [4.69, 9.17) is 4.74 Å². The molecule has 0 bridgehead atoms. The number of cyclic esters (lactones) is 1. The maximum absolute atomic E-state index is 10.7. The number of hydrogen-bond acceptors (Lipinski definition) is 3. The van der Waals surface area contributed by atoms with Crippen molar-refractivity contribution >= 4 is 11.8 Å². The smallest absolute Gasteiger partial charge is 0.351 e. The largest absolute Gasteiger partial charge is 0.444 e. The van der Waals surface area contributed by atoms with E-state index in [9.17, 15) is 9.59 Å². The van der Waals surface area contributed by atoms with Gasteiger partial charge >= 0.3 is 5.97 Å². The summed E-state index contributed by atoms with van der Waals surface area (Å²) in [5.41, 5.74) is -0.578. The van der Waals surface area contributed by atoms with E-state index in [1.807, 2.05) is 6.92 Å². The zero-order valence-corrected chi connectivity index (χ0v) is 6.85. The lowest BCUT2D eigenvalue weighted by Gasteiger charge is -2.01. The number of carbonyl (C=O) groups excluding carboxylic acids is 2. The molecule has 1 heterocycles. The summed E-state index contributed by atoms with van der Waals surface area (Å²) in [6, 6.07) is 0. The highest BCUT2D eigenvalue weighted by atomic mass is 16.7. The predicted octanol–water partition coefficient (Wildman–Crippen LogP) is 1.06. The maximum atomic E-state index is 10.7. The first-order valence-electron chi connectivity index (χ1n) is 3.83. The molecule has 0 N–H and O–H groups in total. The van der Waals surface area contributed by atoms with Crippen molar-refractivity contribution in [3.8, 4) is 0 Å². The molecule has 1 rings (SSSR count). The lowest BCUT2D eigenvalue weighted by atomic mass is 10.00. The molecule has 3 heteroatoms. The van der Waals surface area contributed by atoms with Crippen molar-refractivity contribution in [1.29, 1.82) is 0 Å². The van der Waals surface area contributed by atoms with Gasteiger partial charge in [0.1, 0.15) is 5.78 Å². The molecule has 0 amide bonds. The molecule has 0 aliphatic carbocycles. The lowest BCUT2D eigenvalue weighted by Crippen LogP contribution is -2.12. The minimum atomic E-state index is -0.578. The highest BCUT2D eigenvalue weighted by Crippen LogP contribution is 2.37. The average Bonchev–Trinajstić information content (AvgIpc) is 2.59. The fourth-order valence-electron chi connectivity index (χ4n) is 1.08. The highest BCUT2D eigenvalue weighted by Gasteiger charge is 2.55. The Morgan fingerprint density at radius 3 is 2.45 bits per heavy atom. The van der Waals surface area contributed by atoms with E-state index in [0.29, 0.717) is 19.3 Å². The van der Waals surface area contributed by atoms with E-state index >= 15 is 0 Å². The normalized spacial score (nSPS) is 28.0. The molecule has 1 aliphatic heterocycles. The van der Waals surface area contributed by atoms with Crippen molar-refractivity contribution in [2.75, 3.05) is 0 Å². The van der Waals surface area contributed by atoms with Gasteiger partial charge in [-0.1, -0.05) is 6.92 Å². The Balaban J connectivity index is 2.36. The summed E-state index contributed by atoms with van der Waals surface area (Å²) >= 11 is 0. The standard InChI is InChI=1S/C8H12O3/c1-3-8(7(10)11-8)5-4-6(2)9/h3-5H2,1-2H3. The van der Waals surface area contributed by atoms with E-state index < -0.39 is 5.60 Å². The van der Waals surface area contributed by atoms with Gasteiger partial charge in [0, 0.05) is 12.8 Å². The second-order valence-electron chi connectivity index (χ2n) is 2.94. The van der Waals surface area contributed by atoms with Gasteiger partial charge in [-0.15, -0.1) is 0 Å². The van der Waals surface area contributed by atoms with Gasteiger partial charge in [0.05, 0.1) is 0 Å². The number of Topliss-reactive ketones (excluding diaryl/α,β-unsaturated/α-hetero) is 1. The van der Waals surface area contributed by atoms with Crippen molar-refractivity contribution in [2.24, 2.45) is 0 Å². The quantitative estimate of drug-likeness (QED) is 0.572. The van der Waals surface area contributed by atoms with E-state index in [-0.39, 0.29) is 11.8 Å². The molecule has 3 nitrogen and oxygen atoms in total. The first kappa shape index (κ1) is 8.24. The fourth-order valence-corrected chi connectivity index (χ4v) is 1.08. The Hall–Kier alpha value is -0.860. The molecule has 0 radical (unpaired) electrons. The summed E-state index contributed by atoms with van der Waals surface area (Å²) in [5.74, 6) is -0.0395. The van der Waals surface area contributed by atoms with Crippen molar-refractivity contribution < 1.29 is 14.3 Å². The Morgan fingerprint density at radius 2 is 2.18 bits per heavy atom. The summed E-state index contributed by atoms with van der Waals surface area (Å²) in [4.78, 5) is 21.3. The molecule has 1 unspecified atom stereocenters. The molecule has 62 valence electrons. The molecule has 1 saturated heterocycles. The number of hydrogen-bond donors (Lipinski definition) is 0. The van der Waals surface area contributed by atoms with Crippen LogP contribution in [0, 0.1) is 0 Å². The van der Waals surface area contributed by atoms with Crippen LogP contribution in [0.25, 0.3) is 0 Å². The molecular formula is C8H12O3. The number of rotatable bonds is 4. The van der Waals surface area contributed by atoms with Gasteiger partial charge in [-0.25, -0.2) is 4.79 Å². The third kappa shape index (κ3) is 1.59. The fraction of sp³-hybridized carbons (Fsp3) is 0.750. The Bertz CT molecular complexity index is 198. The minimum absolute atomic E-state index is 0.112. The monoisotopic (exact) mass is 156 g/mol. The van der Waals surface area contributed by atoms with Gasteiger partial charge in [-0.2, -0.15) is 0 Å². The van der Waals surface area contributed by atoms with Crippen molar-refractivity contribution in [3.63, 3.8) is 0 Å². The van der Waals surface area contributed by atoms with Crippen LogP contribution in [0.5, 0.6) is 0 Å². The lowest BCUT2D eigenvalue weighted by molar-refractivity contribution is -0.117. The Kier molecular flexibility index (Phi) is 1.98. The zero-order chi connectivity index (χ0) is 8.48. The van der Waals surface area contributed by atoms with Gasteiger partial charge in [-0.3, -0.25) is 0 Å². The number of ketones is 1. The third-order valence-corrected chi connectivity index (χ3v) is 2.07. The third-order valence-electron chi connectivity index (χ3n) is 2.07. The predicted molar refractivity (Wildman–Crippen MR) is 39.0 cm³/mol. The van der Waals surface area contributed by atoms with Crippen LogP contribution in [0.2, 0.25) is 0 Å². The van der Waals surface area contributed by atoms with Crippen molar-refractivity contribution in [1.82, 2.24) is 0 Å². The van der Waals surface area contributed by atoms with Gasteiger partial charge < -0.3 is 9.53 Å². The zero-order valence-electron chi connectivity index (χ0n) is 6.85. The molecule has 0 aromatic rings. The van der Waals surface area contributed by atoms with Gasteiger partial charge in [-0.05, 0) is 13.3 Å². The summed E-state index contributed by atoms with van der Waals surface area (Å²) in [5, 5.41) is 0. The summed E-state index contributed by atoms with van der Waals surface area (Å²) < 4.78 is 4.81. The van der Waals surface area contributed by atoms with Crippen LogP contribution < -0.4 is 0 Å². The summed E-state index contributed by atoms with van der Waals surface area (Å²) in [6.45, 7) is 3.42. The van der Waals surface area contributed by atoms with Crippen LogP contribution in [0.15, 0.2) is 0 Å². The molecule has 0 aromatic heterocycles. The Labute approximate surface area is 65.7 Å². The highest BCUT2D eigenvalue weighted by molar-refractivity contribution is 5.93. The second kappa shape index (κ2) is 2.64. The number of ether oxygens (including phenoxy) is 1. The van der Waals surface area contributed by atoms with Crippen molar-refractivity contribution in [3.05, 3.63) is 0 Å². The molecule has 0 aromatic carbocycles. The maximum Gasteiger partial charge on any atom is 0.351 e. The minimum Gasteiger partial charge on any atom is -0.444 e. The topological polar surface area (TPSA) is 46.7 Å². The average molecular weight is 156 g/mol. The SMILES string of the molecule is CCC1(CCC(C)=O)OC1=O. The first-order chi connectivity index (χ1) is 5.10. The van der Waals surface area contributed by atoms with E-state index in [1.54, 1.807) is 0 Å². The van der Waals surface area contributed by atoms with Crippen LogP contribution in [-0.2, 0) is 14.3 Å². The van der Waals surface area contributed by atoms with Gasteiger partial charge in [0.15, 0.2) is 0 Å². The Morgan fingerprint density at radius 1 is 1.64 bits per heavy atom. The van der Waals surface area contributed by atoms with Crippen LogP contribution in [0.1, 0.15) is 33.1 Å².